The zero-order valence-electron chi connectivity index (χ0n) is 19.9. The van der Waals surface area contributed by atoms with Crippen LogP contribution in [0.3, 0.4) is 0 Å². The van der Waals surface area contributed by atoms with Crippen LogP contribution in [0.1, 0.15) is 37.8 Å². The molecule has 0 radical (unpaired) electrons. The lowest BCUT2D eigenvalue weighted by Gasteiger charge is -2.52. The van der Waals surface area contributed by atoms with E-state index in [1.807, 2.05) is 25.1 Å². The molecule has 1 fully saturated rings. The first-order chi connectivity index (χ1) is 17.2. The van der Waals surface area contributed by atoms with E-state index in [1.54, 1.807) is 49.4 Å². The predicted octanol–water partition coefficient (Wildman–Crippen LogP) is 2.90. The molecular formula is C28H25N3O5. The second-order valence-corrected chi connectivity index (χ2v) is 10.0. The van der Waals surface area contributed by atoms with Gasteiger partial charge in [0.1, 0.15) is 5.75 Å². The second-order valence-electron chi connectivity index (χ2n) is 10.0. The number of hydrogen-bond acceptors (Lipinski definition) is 5. The molecule has 2 aliphatic carbocycles. The highest BCUT2D eigenvalue weighted by molar-refractivity contribution is 6.13. The van der Waals surface area contributed by atoms with Crippen molar-refractivity contribution >= 4 is 11.6 Å². The Morgan fingerprint density at radius 3 is 2.44 bits per heavy atom. The third kappa shape index (κ3) is 2.87. The minimum Gasteiger partial charge on any atom is -0.508 e. The molecule has 2 aromatic carbocycles. The number of phenols is 1. The first-order valence-corrected chi connectivity index (χ1v) is 12.0. The number of phenolic OH excluding ortho intramolecular Hbond substituents is 1. The van der Waals surface area contributed by atoms with Gasteiger partial charge in [-0.25, -0.2) is 23.5 Å². The Labute approximate surface area is 206 Å². The summed E-state index contributed by atoms with van der Waals surface area (Å²) < 4.78 is 4.00. The van der Waals surface area contributed by atoms with Gasteiger partial charge in [0.25, 0.3) is 0 Å². The van der Waals surface area contributed by atoms with Gasteiger partial charge < -0.3 is 5.11 Å². The van der Waals surface area contributed by atoms with Gasteiger partial charge in [-0.3, -0.25) is 9.59 Å². The molecule has 8 nitrogen and oxygen atoms in total. The molecule has 2 heterocycles. The summed E-state index contributed by atoms with van der Waals surface area (Å²) in [7, 11) is 0. The molecule has 8 heteroatoms. The monoisotopic (exact) mass is 483 g/mol. The number of allylic oxidation sites excluding steroid dienone is 4. The van der Waals surface area contributed by atoms with Crippen LogP contribution in [0.4, 0.5) is 0 Å². The Balaban J connectivity index is 1.60. The van der Waals surface area contributed by atoms with Gasteiger partial charge >= 0.3 is 11.4 Å². The second kappa shape index (κ2) is 7.65. The van der Waals surface area contributed by atoms with E-state index in [4.69, 9.17) is 0 Å². The lowest BCUT2D eigenvalue weighted by atomic mass is 9.51. The molecule has 36 heavy (non-hydrogen) atoms. The summed E-state index contributed by atoms with van der Waals surface area (Å²) in [4.78, 5) is 54.0. The standard InChI is InChI=1S/C28H25N3O5/c1-16-13-23(33)21-15-22-20(24(28(21,2)25(16)34)17-7-6-10-19(32)14-17)11-12-29-26(35)30(27(36)31(22)29)18-8-4-3-5-9-18/h3-11,13-14,21-22,24,32H,12,15H2,1-2H3/t21-,22+,24-,28+/m0/s1. The number of Topliss-reactive ketones (excluding diaryl/α,β-unsaturated/α-hetero) is 1. The molecule has 0 saturated heterocycles. The van der Waals surface area contributed by atoms with Gasteiger partial charge in [-0.15, -0.1) is 0 Å². The van der Waals surface area contributed by atoms with E-state index in [0.29, 0.717) is 16.8 Å². The Kier molecular flexibility index (Phi) is 4.73. The number of fused-ring (bicyclic) bond motifs is 4. The van der Waals surface area contributed by atoms with Gasteiger partial charge in [0.2, 0.25) is 0 Å². The topological polar surface area (TPSA) is 103 Å². The van der Waals surface area contributed by atoms with E-state index in [-0.39, 0.29) is 30.3 Å². The fraction of sp³-hybridized carbons (Fsp3) is 0.286. The Morgan fingerprint density at radius 2 is 1.72 bits per heavy atom. The summed E-state index contributed by atoms with van der Waals surface area (Å²) >= 11 is 0. The summed E-state index contributed by atoms with van der Waals surface area (Å²) in [5.41, 5.74) is 0.356. The lowest BCUT2D eigenvalue weighted by molar-refractivity contribution is -0.139. The summed E-state index contributed by atoms with van der Waals surface area (Å²) in [5, 5.41) is 10.3. The Morgan fingerprint density at radius 1 is 0.972 bits per heavy atom. The summed E-state index contributed by atoms with van der Waals surface area (Å²) in [6, 6.07) is 14.9. The normalized spacial score (nSPS) is 27.0. The number of aromatic nitrogens is 3. The van der Waals surface area contributed by atoms with Gasteiger partial charge in [-0.1, -0.05) is 43.3 Å². The fourth-order valence-corrected chi connectivity index (χ4v) is 6.54. The first kappa shape index (κ1) is 22.3. The molecule has 6 rings (SSSR count). The number of nitrogens with zero attached hydrogens (tertiary/aromatic N) is 3. The number of para-hydroxylation sites is 1. The van der Waals surface area contributed by atoms with Crippen LogP contribution in [0.2, 0.25) is 0 Å². The van der Waals surface area contributed by atoms with E-state index < -0.39 is 34.7 Å². The molecule has 182 valence electrons. The van der Waals surface area contributed by atoms with E-state index in [1.165, 1.54) is 15.4 Å². The molecule has 1 saturated carbocycles. The van der Waals surface area contributed by atoms with Gasteiger partial charge in [0.05, 0.1) is 23.7 Å². The number of benzene rings is 2. The lowest BCUT2D eigenvalue weighted by Crippen LogP contribution is -2.54. The van der Waals surface area contributed by atoms with Crippen molar-refractivity contribution in [1.82, 2.24) is 13.9 Å². The largest absolute Gasteiger partial charge is 0.508 e. The molecule has 4 atom stereocenters. The third-order valence-electron chi connectivity index (χ3n) is 8.12. The number of carbonyl (C=O) groups is 2. The van der Waals surface area contributed by atoms with Crippen molar-refractivity contribution in [3.05, 3.63) is 104 Å². The van der Waals surface area contributed by atoms with E-state index in [0.717, 1.165) is 10.1 Å². The van der Waals surface area contributed by atoms with Crippen molar-refractivity contribution in [2.24, 2.45) is 11.3 Å². The van der Waals surface area contributed by atoms with Gasteiger partial charge in [0, 0.05) is 11.8 Å². The Bertz CT molecular complexity index is 1620. The number of rotatable bonds is 2. The molecule has 1 aromatic heterocycles. The molecule has 1 aliphatic heterocycles. The van der Waals surface area contributed by atoms with Crippen LogP contribution < -0.4 is 11.4 Å². The van der Waals surface area contributed by atoms with Crippen LogP contribution in [-0.4, -0.2) is 30.6 Å². The smallest absolute Gasteiger partial charge is 0.352 e. The van der Waals surface area contributed by atoms with Crippen LogP contribution in [0, 0.1) is 11.3 Å². The molecule has 3 aliphatic rings. The highest BCUT2D eigenvalue weighted by Gasteiger charge is 2.59. The summed E-state index contributed by atoms with van der Waals surface area (Å²) in [6.07, 6.45) is 3.53. The molecule has 0 spiro atoms. The third-order valence-corrected chi connectivity index (χ3v) is 8.12. The minimum atomic E-state index is -1.08. The maximum absolute atomic E-state index is 13.7. The summed E-state index contributed by atoms with van der Waals surface area (Å²) in [5.74, 6) is -1.45. The van der Waals surface area contributed by atoms with Gasteiger partial charge in [0.15, 0.2) is 11.6 Å². The average molecular weight is 484 g/mol. The highest BCUT2D eigenvalue weighted by Crippen LogP contribution is 2.59. The molecule has 3 aromatic rings. The minimum absolute atomic E-state index is 0.0531. The van der Waals surface area contributed by atoms with Crippen LogP contribution in [0.15, 0.2) is 87.5 Å². The van der Waals surface area contributed by atoms with Crippen molar-refractivity contribution in [1.29, 1.82) is 0 Å². The first-order valence-electron chi connectivity index (χ1n) is 12.0. The molecule has 0 bridgehead atoms. The van der Waals surface area contributed by atoms with Crippen LogP contribution in [0.5, 0.6) is 5.75 Å². The number of carbonyl (C=O) groups excluding carboxylic acids is 2. The zero-order chi connectivity index (χ0) is 25.4. The van der Waals surface area contributed by atoms with E-state index in [9.17, 15) is 24.3 Å². The van der Waals surface area contributed by atoms with Crippen molar-refractivity contribution < 1.29 is 14.7 Å². The van der Waals surface area contributed by atoms with Gasteiger partial charge in [-0.2, -0.15) is 0 Å². The zero-order valence-corrected chi connectivity index (χ0v) is 19.9. The quantitative estimate of drug-likeness (QED) is 0.565. The van der Waals surface area contributed by atoms with Crippen LogP contribution >= 0.6 is 0 Å². The number of hydrogen-bond donors (Lipinski definition) is 1. The van der Waals surface area contributed by atoms with E-state index in [2.05, 4.69) is 0 Å². The SMILES string of the molecule is CC1=CC(=O)[C@@H]2C[C@@H]3C(=CCn4c(=O)n(-c5ccccc5)c(=O)n43)[C@H](c3cccc(O)c3)[C@]2(C)C1=O. The van der Waals surface area contributed by atoms with Crippen molar-refractivity contribution in [3.63, 3.8) is 0 Å². The maximum Gasteiger partial charge on any atom is 0.352 e. The summed E-state index contributed by atoms with van der Waals surface area (Å²) in [6.45, 7) is 3.64. The predicted molar refractivity (Wildman–Crippen MR) is 132 cm³/mol. The van der Waals surface area contributed by atoms with Crippen molar-refractivity contribution in [2.75, 3.05) is 0 Å². The highest BCUT2D eigenvalue weighted by atomic mass is 16.3. The maximum atomic E-state index is 13.7. The molecule has 1 N–H and O–H groups in total. The molecule has 0 unspecified atom stereocenters. The van der Waals surface area contributed by atoms with Crippen molar-refractivity contribution in [3.8, 4) is 11.4 Å². The Hall–Kier alpha value is -4.20. The van der Waals surface area contributed by atoms with Crippen LogP contribution in [0.25, 0.3) is 5.69 Å². The van der Waals surface area contributed by atoms with Crippen molar-refractivity contribution in [2.45, 2.75) is 38.8 Å². The van der Waals surface area contributed by atoms with Gasteiger partial charge in [-0.05, 0) is 60.4 Å². The van der Waals surface area contributed by atoms with E-state index >= 15 is 0 Å². The van der Waals surface area contributed by atoms with Crippen LogP contribution in [-0.2, 0) is 16.1 Å². The fourth-order valence-electron chi connectivity index (χ4n) is 6.54. The molecular weight excluding hydrogens is 458 g/mol. The number of aromatic hydroxyl groups is 1. The molecule has 0 amide bonds. The number of ketones is 2. The average Bonchev–Trinajstić information content (AvgIpc) is 3.12.